The highest BCUT2D eigenvalue weighted by Crippen LogP contribution is 2.31. The smallest absolute Gasteiger partial charge is 0.333 e. The molecule has 2 amide bonds. The Morgan fingerprint density at radius 3 is 2.47 bits per heavy atom. The molecular weight excluding hydrogens is 456 g/mol. The summed E-state index contributed by atoms with van der Waals surface area (Å²) < 4.78 is 22.8. The van der Waals surface area contributed by atoms with Crippen molar-refractivity contribution in [2.45, 2.75) is 57.5 Å². The van der Waals surface area contributed by atoms with Gasteiger partial charge in [-0.25, -0.2) is 9.00 Å². The molecule has 1 fully saturated rings. The number of amides is 2. The average Bonchev–Trinajstić information content (AvgIpc) is 2.73. The zero-order valence-electron chi connectivity index (χ0n) is 18.5. The van der Waals surface area contributed by atoms with Crippen LogP contribution in [0, 0.1) is 0 Å². The van der Waals surface area contributed by atoms with Crippen LogP contribution in [0.3, 0.4) is 0 Å². The number of esters is 1. The number of ether oxygens (including phenoxy) is 2. The molecule has 0 spiro atoms. The third-order valence-corrected chi connectivity index (χ3v) is 6.32. The Labute approximate surface area is 195 Å². The Bertz CT molecular complexity index is 876. The molecule has 1 aliphatic heterocycles. The highest BCUT2D eigenvalue weighted by molar-refractivity contribution is 8.08. The molecule has 0 saturated carbocycles. The number of nitrogens with one attached hydrogen (secondary N) is 1. The maximum Gasteiger partial charge on any atom is 0.333 e. The van der Waals surface area contributed by atoms with E-state index in [0.717, 1.165) is 16.9 Å². The molecule has 176 valence electrons. The van der Waals surface area contributed by atoms with E-state index in [2.05, 4.69) is 11.9 Å². The van der Waals surface area contributed by atoms with E-state index in [9.17, 15) is 18.6 Å². The fraction of sp³-hybridized carbons (Fsp3) is 0.500. The van der Waals surface area contributed by atoms with E-state index in [4.69, 9.17) is 20.2 Å². The number of likely N-dealkylation sites (tertiary alicyclic amines) is 1. The topological polar surface area (TPSA) is 102 Å². The first-order valence-corrected chi connectivity index (χ1v) is 12.5. The minimum atomic E-state index is -2.04. The van der Waals surface area contributed by atoms with Crippen LogP contribution in [0.25, 0.3) is 0 Å². The van der Waals surface area contributed by atoms with Gasteiger partial charge in [-0.1, -0.05) is 32.1 Å². The zero-order chi connectivity index (χ0) is 23.8. The summed E-state index contributed by atoms with van der Waals surface area (Å²) in [4.78, 5) is 38.9. The molecule has 8 nitrogen and oxygen atoms in total. The van der Waals surface area contributed by atoms with Crippen LogP contribution in [0.2, 0.25) is 0 Å². The number of benzene rings is 1. The lowest BCUT2D eigenvalue weighted by Crippen LogP contribution is -2.75. The Balaban J connectivity index is 2.07. The van der Waals surface area contributed by atoms with Crippen molar-refractivity contribution in [1.29, 1.82) is 0 Å². The first-order chi connectivity index (χ1) is 15.2. The van der Waals surface area contributed by atoms with Gasteiger partial charge >= 0.3 is 5.97 Å². The standard InChI is InChI=1S/C22H29ClN2O6S/c1-5-7-12-31-22(28)19(14(3)4)25-20(27)18(21(25)32(23)29)24-17(26)13-15-8-10-16(11-9-15)30-6-2/h8-11,18-19,21H,3,5-7,12-13H2,1-2,4H3,(H,24,26). The fourth-order valence-electron chi connectivity index (χ4n) is 3.32. The van der Waals surface area contributed by atoms with Crippen LogP contribution < -0.4 is 10.1 Å². The van der Waals surface area contributed by atoms with Crippen molar-refractivity contribution in [3.05, 3.63) is 42.0 Å². The van der Waals surface area contributed by atoms with E-state index in [-0.39, 0.29) is 13.0 Å². The number of unbranched alkanes of at least 4 members (excludes halogenated alkanes) is 1. The van der Waals surface area contributed by atoms with Gasteiger partial charge in [-0.2, -0.15) is 0 Å². The van der Waals surface area contributed by atoms with Crippen molar-refractivity contribution >= 4 is 38.5 Å². The van der Waals surface area contributed by atoms with Crippen molar-refractivity contribution in [2.24, 2.45) is 0 Å². The number of hydrogen-bond acceptors (Lipinski definition) is 6. The summed E-state index contributed by atoms with van der Waals surface area (Å²) in [5.41, 5.74) is 1.07. The van der Waals surface area contributed by atoms with Gasteiger partial charge in [-0.05, 0) is 54.2 Å². The normalized spacial score (nSPS) is 19.5. The number of nitrogens with zero attached hydrogens (tertiary/aromatic N) is 1. The van der Waals surface area contributed by atoms with Crippen LogP contribution in [0.4, 0.5) is 0 Å². The van der Waals surface area contributed by atoms with Gasteiger partial charge in [0.05, 0.1) is 19.6 Å². The number of carbonyl (C=O) groups is 3. The molecule has 4 atom stereocenters. The highest BCUT2D eigenvalue weighted by atomic mass is 35.7. The summed E-state index contributed by atoms with van der Waals surface area (Å²) in [7, 11) is 3.80. The second-order valence-corrected chi connectivity index (χ2v) is 9.35. The molecule has 0 bridgehead atoms. The van der Waals surface area contributed by atoms with Crippen molar-refractivity contribution in [1.82, 2.24) is 10.2 Å². The Morgan fingerprint density at radius 2 is 1.94 bits per heavy atom. The quantitative estimate of drug-likeness (QED) is 0.161. The Hall–Kier alpha value is -2.39. The summed E-state index contributed by atoms with van der Waals surface area (Å²) >= 11 is 0. The largest absolute Gasteiger partial charge is 0.494 e. The van der Waals surface area contributed by atoms with Crippen LogP contribution >= 0.6 is 10.7 Å². The van der Waals surface area contributed by atoms with E-state index in [0.29, 0.717) is 24.4 Å². The van der Waals surface area contributed by atoms with Gasteiger partial charge < -0.3 is 19.7 Å². The SMILES string of the molecule is C=C(C)C(C(=O)OCCCC)N1C(=O)C(NC(=O)Cc2ccc(OCC)cc2)C1S(=O)Cl. The predicted molar refractivity (Wildman–Crippen MR) is 122 cm³/mol. The molecule has 32 heavy (non-hydrogen) atoms. The zero-order valence-corrected chi connectivity index (χ0v) is 20.0. The van der Waals surface area contributed by atoms with Crippen LogP contribution in [0.5, 0.6) is 5.75 Å². The third-order valence-electron chi connectivity index (χ3n) is 4.90. The lowest BCUT2D eigenvalue weighted by molar-refractivity contribution is -0.163. The third kappa shape index (κ3) is 6.32. The number of β-lactam (4-membered cyclic amide) rings is 1. The lowest BCUT2D eigenvalue weighted by atomic mass is 9.99. The van der Waals surface area contributed by atoms with Crippen LogP contribution in [-0.2, 0) is 35.6 Å². The number of halogens is 1. The highest BCUT2D eigenvalue weighted by Gasteiger charge is 2.56. The van der Waals surface area contributed by atoms with Crippen molar-refractivity contribution in [3.63, 3.8) is 0 Å². The average molecular weight is 485 g/mol. The molecular formula is C22H29ClN2O6S. The molecule has 1 aromatic carbocycles. The van der Waals surface area contributed by atoms with Gasteiger partial charge in [0, 0.05) is 0 Å². The molecule has 1 heterocycles. The molecule has 1 saturated heterocycles. The van der Waals surface area contributed by atoms with E-state index in [1.54, 1.807) is 31.2 Å². The van der Waals surface area contributed by atoms with E-state index < -0.39 is 45.3 Å². The van der Waals surface area contributed by atoms with Gasteiger partial charge in [-0.15, -0.1) is 0 Å². The minimum absolute atomic E-state index is 0.0147. The summed E-state index contributed by atoms with van der Waals surface area (Å²) in [5.74, 6) is -0.970. The lowest BCUT2D eigenvalue weighted by Gasteiger charge is -2.48. The molecule has 2 rings (SSSR count). The molecule has 0 aromatic heterocycles. The first kappa shape index (κ1) is 25.9. The van der Waals surface area contributed by atoms with Crippen molar-refractivity contribution in [2.75, 3.05) is 13.2 Å². The van der Waals surface area contributed by atoms with E-state index >= 15 is 0 Å². The predicted octanol–water partition coefficient (Wildman–Crippen LogP) is 2.47. The summed E-state index contributed by atoms with van der Waals surface area (Å²) in [6.45, 7) is 9.91. The Morgan fingerprint density at radius 1 is 1.28 bits per heavy atom. The molecule has 1 aliphatic rings. The van der Waals surface area contributed by atoms with Gasteiger partial charge in [0.25, 0.3) is 0 Å². The molecule has 0 radical (unpaired) electrons. The second-order valence-electron chi connectivity index (χ2n) is 7.45. The monoisotopic (exact) mass is 484 g/mol. The summed E-state index contributed by atoms with van der Waals surface area (Å²) in [6.07, 6.45) is 1.53. The maximum absolute atomic E-state index is 12.8. The van der Waals surface area contributed by atoms with Gasteiger partial charge in [-0.3, -0.25) is 9.59 Å². The van der Waals surface area contributed by atoms with Crippen molar-refractivity contribution in [3.8, 4) is 5.75 Å². The van der Waals surface area contributed by atoms with E-state index in [1.165, 1.54) is 0 Å². The van der Waals surface area contributed by atoms with Crippen LogP contribution in [-0.4, -0.2) is 57.6 Å². The van der Waals surface area contributed by atoms with Crippen LogP contribution in [0.15, 0.2) is 36.4 Å². The second kappa shape index (κ2) is 12.0. The minimum Gasteiger partial charge on any atom is -0.494 e. The molecule has 1 N–H and O–H groups in total. The number of rotatable bonds is 12. The van der Waals surface area contributed by atoms with Gasteiger partial charge in [0.15, 0.2) is 11.4 Å². The summed E-state index contributed by atoms with van der Waals surface area (Å²) in [5, 5.41) is 1.51. The summed E-state index contributed by atoms with van der Waals surface area (Å²) in [6, 6.07) is 4.78. The fourth-order valence-corrected chi connectivity index (χ4v) is 4.69. The van der Waals surface area contributed by atoms with E-state index in [1.807, 2.05) is 13.8 Å². The Kier molecular flexibility index (Phi) is 9.71. The molecule has 1 aromatic rings. The van der Waals surface area contributed by atoms with Crippen molar-refractivity contribution < 1.29 is 28.1 Å². The van der Waals surface area contributed by atoms with Gasteiger partial charge in [0.1, 0.15) is 21.8 Å². The van der Waals surface area contributed by atoms with Gasteiger partial charge in [0.2, 0.25) is 11.8 Å². The number of carbonyl (C=O) groups excluding carboxylic acids is 3. The van der Waals surface area contributed by atoms with Crippen LogP contribution in [0.1, 0.15) is 39.2 Å². The number of hydrogen-bond donors (Lipinski definition) is 1. The molecule has 0 aliphatic carbocycles. The molecule has 10 heteroatoms. The maximum atomic E-state index is 12.8. The molecule has 4 unspecified atom stereocenters. The first-order valence-electron chi connectivity index (χ1n) is 10.4.